The minimum atomic E-state index is -0.219. The van der Waals surface area contributed by atoms with Crippen LogP contribution < -0.4 is 19.5 Å². The Bertz CT molecular complexity index is 1260. The fraction of sp³-hybridized carbons (Fsp3) is 0.167. The molecule has 174 valence electrons. The molecule has 0 bridgehead atoms. The van der Waals surface area contributed by atoms with Crippen LogP contribution in [0.5, 0.6) is 17.2 Å². The van der Waals surface area contributed by atoms with Crippen molar-refractivity contribution in [3.8, 4) is 34.3 Å². The molecule has 2 heterocycles. The van der Waals surface area contributed by atoms with Gasteiger partial charge in [-0.25, -0.2) is 0 Å². The Morgan fingerprint density at radius 2 is 1.74 bits per heavy atom. The lowest BCUT2D eigenvalue weighted by Gasteiger charge is -2.12. The third kappa shape index (κ3) is 5.12. The maximum atomic E-state index is 12.7. The molecule has 0 aliphatic heterocycles. The molecule has 0 unspecified atom stereocenters. The zero-order valence-corrected chi connectivity index (χ0v) is 19.7. The number of anilines is 1. The minimum absolute atomic E-state index is 0.113. The fourth-order valence-corrected chi connectivity index (χ4v) is 3.99. The summed E-state index contributed by atoms with van der Waals surface area (Å²) in [6, 6.07) is 16.5. The number of aromatic nitrogens is 4. The number of nitrogens with one attached hydrogen (secondary N) is 1. The highest BCUT2D eigenvalue weighted by Crippen LogP contribution is 2.31. The highest BCUT2D eigenvalue weighted by atomic mass is 32.2. The molecule has 10 heteroatoms. The highest BCUT2D eigenvalue weighted by Gasteiger charge is 2.18. The number of ether oxygens (including phenoxy) is 3. The fourth-order valence-electron chi connectivity index (χ4n) is 3.24. The van der Waals surface area contributed by atoms with Crippen LogP contribution in [0.15, 0.2) is 72.1 Å². The molecule has 2 aromatic carbocycles. The number of methoxy groups -OCH3 is 3. The van der Waals surface area contributed by atoms with E-state index in [9.17, 15) is 4.79 Å². The van der Waals surface area contributed by atoms with E-state index in [1.54, 1.807) is 51.9 Å². The molecule has 0 aliphatic carbocycles. The first-order valence-electron chi connectivity index (χ1n) is 10.3. The van der Waals surface area contributed by atoms with Crippen molar-refractivity contribution in [2.24, 2.45) is 0 Å². The Labute approximate surface area is 201 Å². The van der Waals surface area contributed by atoms with E-state index in [-0.39, 0.29) is 11.7 Å². The molecular formula is C24H23N5O4S. The number of benzene rings is 2. The second-order valence-corrected chi connectivity index (χ2v) is 7.93. The Hall–Kier alpha value is -4.05. The van der Waals surface area contributed by atoms with Crippen molar-refractivity contribution in [2.75, 3.05) is 32.4 Å². The maximum Gasteiger partial charge on any atom is 0.234 e. The lowest BCUT2D eigenvalue weighted by atomic mass is 10.2. The van der Waals surface area contributed by atoms with Crippen LogP contribution in [-0.2, 0) is 4.79 Å². The number of pyridine rings is 1. The molecular weight excluding hydrogens is 454 g/mol. The molecule has 0 radical (unpaired) electrons. The van der Waals surface area contributed by atoms with E-state index < -0.39 is 0 Å². The van der Waals surface area contributed by atoms with Crippen LogP contribution in [0.1, 0.15) is 0 Å². The summed E-state index contributed by atoms with van der Waals surface area (Å²) in [6.07, 6.45) is 3.42. The van der Waals surface area contributed by atoms with E-state index in [0.29, 0.717) is 28.2 Å². The number of hydrogen-bond acceptors (Lipinski definition) is 8. The van der Waals surface area contributed by atoms with Gasteiger partial charge in [0.05, 0.1) is 32.8 Å². The average molecular weight is 478 g/mol. The third-order valence-electron chi connectivity index (χ3n) is 4.90. The first-order chi connectivity index (χ1) is 16.6. The SMILES string of the molecule is COc1ccc(-n2c(SCC(=O)Nc3cc(OC)ccc3OC)nnc2-c2cccnc2)cc1. The molecule has 4 rings (SSSR count). The van der Waals surface area contributed by atoms with E-state index in [4.69, 9.17) is 14.2 Å². The normalized spacial score (nSPS) is 10.6. The predicted molar refractivity (Wildman–Crippen MR) is 130 cm³/mol. The maximum absolute atomic E-state index is 12.7. The van der Waals surface area contributed by atoms with Gasteiger partial charge in [-0.2, -0.15) is 0 Å². The Kier molecular flexibility index (Phi) is 7.28. The quantitative estimate of drug-likeness (QED) is 0.360. The Balaban J connectivity index is 1.58. The largest absolute Gasteiger partial charge is 0.497 e. The second kappa shape index (κ2) is 10.7. The molecule has 0 saturated carbocycles. The number of hydrogen-bond donors (Lipinski definition) is 1. The second-order valence-electron chi connectivity index (χ2n) is 6.98. The third-order valence-corrected chi connectivity index (χ3v) is 5.83. The number of carbonyl (C=O) groups is 1. The van der Waals surface area contributed by atoms with Gasteiger partial charge in [0.15, 0.2) is 11.0 Å². The molecule has 1 N–H and O–H groups in total. The molecule has 9 nitrogen and oxygen atoms in total. The van der Waals surface area contributed by atoms with Gasteiger partial charge in [-0.1, -0.05) is 11.8 Å². The van der Waals surface area contributed by atoms with Gasteiger partial charge in [-0.05, 0) is 48.5 Å². The monoisotopic (exact) mass is 477 g/mol. The zero-order chi connectivity index (χ0) is 23.9. The lowest BCUT2D eigenvalue weighted by Crippen LogP contribution is -2.15. The first-order valence-corrected chi connectivity index (χ1v) is 11.3. The summed E-state index contributed by atoms with van der Waals surface area (Å²) in [6.45, 7) is 0. The topological polar surface area (TPSA) is 100 Å². The highest BCUT2D eigenvalue weighted by molar-refractivity contribution is 7.99. The van der Waals surface area contributed by atoms with Crippen LogP contribution in [0, 0.1) is 0 Å². The molecule has 0 aliphatic rings. The van der Waals surface area contributed by atoms with Crippen molar-refractivity contribution in [1.82, 2.24) is 19.7 Å². The van der Waals surface area contributed by atoms with Crippen LogP contribution >= 0.6 is 11.8 Å². The van der Waals surface area contributed by atoms with Crippen molar-refractivity contribution in [2.45, 2.75) is 5.16 Å². The van der Waals surface area contributed by atoms with Gasteiger partial charge in [0.2, 0.25) is 5.91 Å². The minimum Gasteiger partial charge on any atom is -0.497 e. The van der Waals surface area contributed by atoms with Crippen molar-refractivity contribution < 1.29 is 19.0 Å². The van der Waals surface area contributed by atoms with Gasteiger partial charge in [0.1, 0.15) is 17.2 Å². The summed E-state index contributed by atoms with van der Waals surface area (Å²) in [5, 5.41) is 12.2. The van der Waals surface area contributed by atoms with Gasteiger partial charge in [0.25, 0.3) is 0 Å². The molecule has 2 aromatic heterocycles. The van der Waals surface area contributed by atoms with Crippen LogP contribution in [0.3, 0.4) is 0 Å². The van der Waals surface area contributed by atoms with Gasteiger partial charge in [-0.3, -0.25) is 14.3 Å². The van der Waals surface area contributed by atoms with E-state index in [0.717, 1.165) is 17.0 Å². The van der Waals surface area contributed by atoms with Gasteiger partial charge < -0.3 is 19.5 Å². The average Bonchev–Trinajstić information content (AvgIpc) is 3.32. The van der Waals surface area contributed by atoms with E-state index in [1.165, 1.54) is 11.8 Å². The van der Waals surface area contributed by atoms with Crippen molar-refractivity contribution in [3.05, 3.63) is 67.0 Å². The van der Waals surface area contributed by atoms with Crippen molar-refractivity contribution in [1.29, 1.82) is 0 Å². The lowest BCUT2D eigenvalue weighted by molar-refractivity contribution is -0.113. The molecule has 0 spiro atoms. The Morgan fingerprint density at radius 3 is 2.41 bits per heavy atom. The molecule has 0 fully saturated rings. The molecule has 1 amide bonds. The van der Waals surface area contributed by atoms with Crippen LogP contribution in [0.4, 0.5) is 5.69 Å². The van der Waals surface area contributed by atoms with Crippen molar-refractivity contribution >= 4 is 23.4 Å². The van der Waals surface area contributed by atoms with E-state index in [1.807, 2.05) is 41.0 Å². The number of thioether (sulfide) groups is 1. The molecule has 0 saturated heterocycles. The summed E-state index contributed by atoms with van der Waals surface area (Å²) >= 11 is 1.27. The number of carbonyl (C=O) groups excluding carboxylic acids is 1. The first kappa shape index (κ1) is 23.1. The van der Waals surface area contributed by atoms with Crippen LogP contribution in [-0.4, -0.2) is 52.7 Å². The summed E-state index contributed by atoms with van der Waals surface area (Å²) in [7, 11) is 4.73. The standard InChI is InChI=1S/C24H23N5O4S/c1-31-18-8-6-17(7-9-18)29-23(16-5-4-12-25-14-16)27-28-24(29)34-15-22(30)26-20-13-19(32-2)10-11-21(20)33-3/h4-14H,15H2,1-3H3,(H,26,30). The zero-order valence-electron chi connectivity index (χ0n) is 18.9. The number of rotatable bonds is 9. The van der Waals surface area contributed by atoms with Gasteiger partial charge >= 0.3 is 0 Å². The number of amides is 1. The van der Waals surface area contributed by atoms with Gasteiger partial charge in [0, 0.05) is 29.7 Å². The smallest absolute Gasteiger partial charge is 0.234 e. The molecule has 34 heavy (non-hydrogen) atoms. The van der Waals surface area contributed by atoms with Crippen LogP contribution in [0.25, 0.3) is 17.1 Å². The Morgan fingerprint density at radius 1 is 0.971 bits per heavy atom. The number of nitrogens with zero attached hydrogens (tertiary/aromatic N) is 4. The van der Waals surface area contributed by atoms with E-state index in [2.05, 4.69) is 20.5 Å². The van der Waals surface area contributed by atoms with Gasteiger partial charge in [-0.15, -0.1) is 10.2 Å². The summed E-state index contributed by atoms with van der Waals surface area (Å²) < 4.78 is 17.7. The summed E-state index contributed by atoms with van der Waals surface area (Å²) in [4.78, 5) is 16.9. The summed E-state index contributed by atoms with van der Waals surface area (Å²) in [5.41, 5.74) is 2.17. The van der Waals surface area contributed by atoms with E-state index >= 15 is 0 Å². The summed E-state index contributed by atoms with van der Waals surface area (Å²) in [5.74, 6) is 2.41. The molecule has 0 atom stereocenters. The van der Waals surface area contributed by atoms with Crippen LogP contribution in [0.2, 0.25) is 0 Å². The molecule has 4 aromatic rings. The van der Waals surface area contributed by atoms with Crippen molar-refractivity contribution in [3.63, 3.8) is 0 Å². The predicted octanol–water partition coefficient (Wildman–Crippen LogP) is 4.09.